The van der Waals surface area contributed by atoms with Gasteiger partial charge in [-0.15, -0.1) is 0 Å². The number of fused-ring (bicyclic) bond motifs is 1. The van der Waals surface area contributed by atoms with Crippen molar-refractivity contribution in [2.75, 3.05) is 31.5 Å². The number of nitrogens with one attached hydrogen (secondary N) is 3. The number of aryl methyl sites for hydroxylation is 1. The van der Waals surface area contributed by atoms with Crippen LogP contribution in [0, 0.1) is 12.8 Å². The summed E-state index contributed by atoms with van der Waals surface area (Å²) in [6, 6.07) is 12.5. The fraction of sp³-hybridized carbons (Fsp3) is 0.385. The summed E-state index contributed by atoms with van der Waals surface area (Å²) >= 11 is 0. The van der Waals surface area contributed by atoms with Crippen LogP contribution in [0.1, 0.15) is 37.1 Å². The Morgan fingerprint density at radius 2 is 1.94 bits per heavy atom. The summed E-state index contributed by atoms with van der Waals surface area (Å²) < 4.78 is 0. The highest BCUT2D eigenvalue weighted by molar-refractivity contribution is 5.83. The smallest absolute Gasteiger partial charge is 0.225 e. The molecule has 0 spiro atoms. The third-order valence-corrected chi connectivity index (χ3v) is 7.11. The molecule has 180 valence electrons. The van der Waals surface area contributed by atoms with E-state index >= 15 is 0 Å². The average molecular weight is 471 g/mol. The molecule has 4 aromatic rings. The van der Waals surface area contributed by atoms with Crippen LogP contribution in [-0.2, 0) is 4.79 Å². The third kappa shape index (κ3) is 4.51. The number of carbonyl (C=O) groups excluding carboxylic acids is 1. The molecule has 0 radical (unpaired) electrons. The van der Waals surface area contributed by atoms with Gasteiger partial charge in [-0.25, -0.2) is 9.97 Å². The maximum absolute atomic E-state index is 12.4. The minimum atomic E-state index is 0.243. The second-order valence-corrected chi connectivity index (χ2v) is 9.65. The molecule has 2 aliphatic rings. The first-order valence-electron chi connectivity index (χ1n) is 12.3. The number of aromatic nitrogens is 5. The summed E-state index contributed by atoms with van der Waals surface area (Å²) in [5.74, 6) is 2.06. The first kappa shape index (κ1) is 21.8. The van der Waals surface area contributed by atoms with Crippen LogP contribution in [0.25, 0.3) is 22.3 Å². The molecule has 1 amide bonds. The van der Waals surface area contributed by atoms with Gasteiger partial charge in [0.05, 0.1) is 22.4 Å². The lowest BCUT2D eigenvalue weighted by molar-refractivity contribution is -0.134. The predicted octanol–water partition coefficient (Wildman–Crippen LogP) is 4.02. The van der Waals surface area contributed by atoms with Gasteiger partial charge in [-0.1, -0.05) is 6.07 Å². The van der Waals surface area contributed by atoms with Gasteiger partial charge in [0.25, 0.3) is 0 Å². The fourth-order valence-corrected chi connectivity index (χ4v) is 4.83. The number of rotatable bonds is 6. The van der Waals surface area contributed by atoms with Crippen LogP contribution < -0.4 is 5.32 Å². The summed E-state index contributed by atoms with van der Waals surface area (Å²) in [6.07, 6.45) is 3.97. The molecule has 1 aromatic carbocycles. The number of H-pyrrole nitrogens is 2. The molecule has 1 aliphatic heterocycles. The molecule has 1 saturated carbocycles. The number of nitrogens with zero attached hydrogens (tertiary/aromatic N) is 5. The van der Waals surface area contributed by atoms with Crippen molar-refractivity contribution in [2.24, 2.45) is 5.92 Å². The summed E-state index contributed by atoms with van der Waals surface area (Å²) in [5.41, 5.74) is 6.02. The Kier molecular flexibility index (Phi) is 5.49. The summed E-state index contributed by atoms with van der Waals surface area (Å²) in [4.78, 5) is 29.4. The van der Waals surface area contributed by atoms with E-state index in [0.29, 0.717) is 17.8 Å². The third-order valence-electron chi connectivity index (χ3n) is 7.11. The molecule has 3 N–H and O–H groups in total. The Morgan fingerprint density at radius 1 is 1.11 bits per heavy atom. The van der Waals surface area contributed by atoms with Crippen LogP contribution >= 0.6 is 0 Å². The monoisotopic (exact) mass is 470 g/mol. The number of piperazine rings is 1. The highest BCUT2D eigenvalue weighted by Gasteiger charge is 2.35. The van der Waals surface area contributed by atoms with Gasteiger partial charge in [-0.2, -0.15) is 5.10 Å². The van der Waals surface area contributed by atoms with Crippen molar-refractivity contribution < 1.29 is 4.79 Å². The van der Waals surface area contributed by atoms with Gasteiger partial charge in [-0.05, 0) is 62.6 Å². The number of imidazole rings is 1. The van der Waals surface area contributed by atoms with Crippen molar-refractivity contribution in [3.8, 4) is 11.3 Å². The quantitative estimate of drug-likeness (QED) is 0.393. The Labute approximate surface area is 204 Å². The molecule has 4 heterocycles. The molecule has 9 heteroatoms. The molecule has 1 unspecified atom stereocenters. The summed E-state index contributed by atoms with van der Waals surface area (Å²) in [7, 11) is 0. The van der Waals surface area contributed by atoms with Gasteiger partial charge in [-0.3, -0.25) is 14.8 Å². The SMILES string of the molecule is Cc1cc(-c2ccc3nc(Nc4cc(C(C)N5CCN(C(=O)C6CC6)CC5)ccn4)[nH]c3c2)[nH]n1. The number of carbonyl (C=O) groups is 1. The van der Waals surface area contributed by atoms with Gasteiger partial charge in [0.1, 0.15) is 5.82 Å². The van der Waals surface area contributed by atoms with Crippen molar-refractivity contribution in [1.29, 1.82) is 0 Å². The maximum Gasteiger partial charge on any atom is 0.225 e. The molecule has 0 bridgehead atoms. The molecule has 1 aliphatic carbocycles. The van der Waals surface area contributed by atoms with Crippen LogP contribution in [0.5, 0.6) is 0 Å². The molecular formula is C26H30N8O. The lowest BCUT2D eigenvalue weighted by Crippen LogP contribution is -2.49. The number of benzene rings is 1. The molecule has 2 fully saturated rings. The second-order valence-electron chi connectivity index (χ2n) is 9.65. The van der Waals surface area contributed by atoms with Gasteiger partial charge in [0.15, 0.2) is 0 Å². The number of anilines is 2. The lowest BCUT2D eigenvalue weighted by atomic mass is 10.1. The minimum Gasteiger partial charge on any atom is -0.340 e. The topological polar surface area (TPSA) is 106 Å². The highest BCUT2D eigenvalue weighted by Crippen LogP contribution is 2.32. The Morgan fingerprint density at radius 3 is 2.69 bits per heavy atom. The van der Waals surface area contributed by atoms with Crippen LogP contribution in [0.15, 0.2) is 42.6 Å². The largest absolute Gasteiger partial charge is 0.340 e. The molecule has 3 aromatic heterocycles. The zero-order valence-corrected chi connectivity index (χ0v) is 20.1. The fourth-order valence-electron chi connectivity index (χ4n) is 4.83. The van der Waals surface area contributed by atoms with Gasteiger partial charge < -0.3 is 15.2 Å². The van der Waals surface area contributed by atoms with Gasteiger partial charge in [0, 0.05) is 49.9 Å². The van der Waals surface area contributed by atoms with E-state index in [9.17, 15) is 4.79 Å². The zero-order valence-electron chi connectivity index (χ0n) is 20.1. The Balaban J connectivity index is 1.14. The normalized spacial score (nSPS) is 17.6. The molecule has 1 saturated heterocycles. The van der Waals surface area contributed by atoms with E-state index in [1.165, 1.54) is 5.56 Å². The zero-order chi connectivity index (χ0) is 23.9. The van der Waals surface area contributed by atoms with Crippen molar-refractivity contribution in [3.05, 3.63) is 53.9 Å². The minimum absolute atomic E-state index is 0.243. The maximum atomic E-state index is 12.4. The van der Waals surface area contributed by atoms with Crippen LogP contribution in [0.2, 0.25) is 0 Å². The standard InChI is InChI=1S/C26H30N8O/c1-16-13-22(32-31-16)20-5-6-21-23(14-20)29-26(28-21)30-24-15-19(7-8-27-24)17(2)33-9-11-34(12-10-33)25(35)18-3-4-18/h5-8,13-15,17-18H,3-4,9-12H2,1-2H3,(H,31,32)(H2,27,28,29,30). The Bertz CT molecular complexity index is 1360. The number of pyridine rings is 1. The summed E-state index contributed by atoms with van der Waals surface area (Å²) in [5, 5.41) is 10.6. The van der Waals surface area contributed by atoms with Crippen molar-refractivity contribution in [2.45, 2.75) is 32.7 Å². The number of amides is 1. The molecule has 1 atom stereocenters. The van der Waals surface area contributed by atoms with Crippen molar-refractivity contribution in [1.82, 2.24) is 34.9 Å². The second kappa shape index (κ2) is 8.81. The van der Waals surface area contributed by atoms with Crippen LogP contribution in [0.4, 0.5) is 11.8 Å². The van der Waals surface area contributed by atoms with Crippen LogP contribution in [0.3, 0.4) is 0 Å². The van der Waals surface area contributed by atoms with E-state index in [2.05, 4.69) is 60.5 Å². The van der Waals surface area contributed by atoms with E-state index in [0.717, 1.165) is 72.8 Å². The predicted molar refractivity (Wildman–Crippen MR) is 135 cm³/mol. The van der Waals surface area contributed by atoms with E-state index < -0.39 is 0 Å². The van der Waals surface area contributed by atoms with Crippen molar-refractivity contribution >= 4 is 28.7 Å². The van der Waals surface area contributed by atoms with Gasteiger partial charge >= 0.3 is 0 Å². The average Bonchev–Trinajstić information content (AvgIpc) is 3.52. The van der Waals surface area contributed by atoms with E-state index in [4.69, 9.17) is 0 Å². The number of aromatic amines is 2. The number of hydrogen-bond donors (Lipinski definition) is 3. The highest BCUT2D eigenvalue weighted by atomic mass is 16.2. The molecule has 9 nitrogen and oxygen atoms in total. The van der Waals surface area contributed by atoms with Crippen molar-refractivity contribution in [3.63, 3.8) is 0 Å². The van der Waals surface area contributed by atoms with E-state index in [1.54, 1.807) is 0 Å². The molecule has 35 heavy (non-hydrogen) atoms. The summed E-state index contributed by atoms with van der Waals surface area (Å²) in [6.45, 7) is 7.61. The molecule has 6 rings (SSSR count). The van der Waals surface area contributed by atoms with E-state index in [-0.39, 0.29) is 6.04 Å². The lowest BCUT2D eigenvalue weighted by Gasteiger charge is -2.38. The Hall–Kier alpha value is -3.72. The first-order valence-corrected chi connectivity index (χ1v) is 12.3. The molecular weight excluding hydrogens is 440 g/mol. The van der Waals surface area contributed by atoms with Crippen LogP contribution in [-0.4, -0.2) is 67.0 Å². The number of hydrogen-bond acceptors (Lipinski definition) is 6. The van der Waals surface area contributed by atoms with Gasteiger partial charge in [0.2, 0.25) is 11.9 Å². The van der Waals surface area contributed by atoms with E-state index in [1.807, 2.05) is 36.2 Å². The first-order chi connectivity index (χ1) is 17.0.